The van der Waals surface area contributed by atoms with Gasteiger partial charge in [-0.15, -0.1) is 0 Å². The molecular formula is C21H32N2O4S. The molecule has 0 aliphatic heterocycles. The van der Waals surface area contributed by atoms with E-state index in [1.54, 1.807) is 25.6 Å². The molecule has 0 aromatic heterocycles. The average Bonchev–Trinajstić information content (AvgIpc) is 2.70. The van der Waals surface area contributed by atoms with Gasteiger partial charge < -0.3 is 15.4 Å². The first-order valence-electron chi connectivity index (χ1n) is 9.89. The van der Waals surface area contributed by atoms with Crippen molar-refractivity contribution in [2.24, 2.45) is 0 Å². The Kier molecular flexibility index (Phi) is 12.0. The number of rotatable bonds is 13. The highest BCUT2D eigenvalue weighted by molar-refractivity contribution is 7.99. The van der Waals surface area contributed by atoms with Crippen LogP contribution < -0.4 is 10.6 Å². The van der Waals surface area contributed by atoms with E-state index in [1.165, 1.54) is 0 Å². The van der Waals surface area contributed by atoms with Crippen molar-refractivity contribution in [2.75, 3.05) is 18.1 Å². The Morgan fingerprint density at radius 2 is 1.75 bits per heavy atom. The fourth-order valence-corrected chi connectivity index (χ4v) is 3.60. The van der Waals surface area contributed by atoms with Crippen molar-refractivity contribution in [3.8, 4) is 0 Å². The summed E-state index contributed by atoms with van der Waals surface area (Å²) in [6.45, 7) is 5.83. The van der Waals surface area contributed by atoms with Gasteiger partial charge in [0.25, 0.3) is 0 Å². The minimum absolute atomic E-state index is 0.207. The van der Waals surface area contributed by atoms with E-state index in [0.717, 1.165) is 24.2 Å². The zero-order valence-corrected chi connectivity index (χ0v) is 17.8. The first kappa shape index (κ1) is 24.0. The molecule has 2 amide bonds. The molecule has 0 saturated carbocycles. The molecule has 0 saturated heterocycles. The van der Waals surface area contributed by atoms with E-state index in [9.17, 15) is 14.4 Å². The zero-order chi connectivity index (χ0) is 20.8. The van der Waals surface area contributed by atoms with E-state index in [2.05, 4.69) is 17.6 Å². The SMILES string of the molecule is CCCCSC[C@H](NC(=O)[C@H](Cc1ccccc1)NC(=O)CC)C(=O)OCC. The van der Waals surface area contributed by atoms with Crippen molar-refractivity contribution in [2.45, 2.75) is 58.5 Å². The maximum Gasteiger partial charge on any atom is 0.329 e. The summed E-state index contributed by atoms with van der Waals surface area (Å²) < 4.78 is 5.11. The Labute approximate surface area is 172 Å². The van der Waals surface area contributed by atoms with Crippen molar-refractivity contribution < 1.29 is 19.1 Å². The van der Waals surface area contributed by atoms with E-state index in [4.69, 9.17) is 4.74 Å². The fourth-order valence-electron chi connectivity index (χ4n) is 2.49. The lowest BCUT2D eigenvalue weighted by Gasteiger charge is -2.22. The highest BCUT2D eigenvalue weighted by Gasteiger charge is 2.27. The van der Waals surface area contributed by atoms with Gasteiger partial charge in [0.2, 0.25) is 11.8 Å². The lowest BCUT2D eigenvalue weighted by molar-refractivity contribution is -0.146. The lowest BCUT2D eigenvalue weighted by atomic mass is 10.0. The second kappa shape index (κ2) is 14.0. The molecule has 0 radical (unpaired) electrons. The van der Waals surface area contributed by atoms with E-state index < -0.39 is 18.1 Å². The van der Waals surface area contributed by atoms with Crippen LogP contribution in [0.3, 0.4) is 0 Å². The number of nitrogens with one attached hydrogen (secondary N) is 2. The zero-order valence-electron chi connectivity index (χ0n) is 17.0. The van der Waals surface area contributed by atoms with Gasteiger partial charge in [-0.1, -0.05) is 50.6 Å². The predicted molar refractivity (Wildman–Crippen MR) is 113 cm³/mol. The molecule has 0 aliphatic carbocycles. The van der Waals surface area contributed by atoms with Crippen molar-refractivity contribution in [1.29, 1.82) is 0 Å². The molecule has 6 nitrogen and oxygen atoms in total. The minimum Gasteiger partial charge on any atom is -0.464 e. The Morgan fingerprint density at radius 1 is 1.04 bits per heavy atom. The van der Waals surface area contributed by atoms with Gasteiger partial charge in [-0.25, -0.2) is 4.79 Å². The van der Waals surface area contributed by atoms with Crippen LogP contribution in [0, 0.1) is 0 Å². The Balaban J connectivity index is 2.82. The van der Waals surface area contributed by atoms with Crippen LogP contribution >= 0.6 is 11.8 Å². The van der Waals surface area contributed by atoms with Gasteiger partial charge in [0.1, 0.15) is 12.1 Å². The van der Waals surface area contributed by atoms with Gasteiger partial charge in [-0.3, -0.25) is 9.59 Å². The maximum absolute atomic E-state index is 12.9. The molecule has 7 heteroatoms. The van der Waals surface area contributed by atoms with Gasteiger partial charge in [0.05, 0.1) is 6.61 Å². The predicted octanol–water partition coefficient (Wildman–Crippen LogP) is 2.71. The summed E-state index contributed by atoms with van der Waals surface area (Å²) in [6.07, 6.45) is 2.77. The first-order valence-corrected chi connectivity index (χ1v) is 11.0. The molecule has 28 heavy (non-hydrogen) atoms. The molecule has 0 heterocycles. The molecule has 0 fully saturated rings. The van der Waals surface area contributed by atoms with Gasteiger partial charge in [0, 0.05) is 18.6 Å². The van der Waals surface area contributed by atoms with Crippen molar-refractivity contribution >= 4 is 29.5 Å². The quantitative estimate of drug-likeness (QED) is 0.387. The average molecular weight is 409 g/mol. The summed E-state index contributed by atoms with van der Waals surface area (Å²) in [5.41, 5.74) is 0.934. The molecular weight excluding hydrogens is 376 g/mol. The Morgan fingerprint density at radius 3 is 2.36 bits per heavy atom. The smallest absolute Gasteiger partial charge is 0.329 e. The highest BCUT2D eigenvalue weighted by Crippen LogP contribution is 2.09. The maximum atomic E-state index is 12.9. The minimum atomic E-state index is -0.743. The molecule has 0 bridgehead atoms. The van der Waals surface area contributed by atoms with Crippen LogP contribution in [0.25, 0.3) is 0 Å². The number of thioether (sulfide) groups is 1. The number of carbonyl (C=O) groups is 3. The van der Waals surface area contributed by atoms with Crippen LogP contribution in [0.4, 0.5) is 0 Å². The molecule has 1 rings (SSSR count). The number of unbranched alkanes of at least 4 members (excludes halogenated alkanes) is 1. The van der Waals surface area contributed by atoms with E-state index >= 15 is 0 Å². The first-order chi connectivity index (χ1) is 13.5. The number of ether oxygens (including phenoxy) is 1. The Hall–Kier alpha value is -2.02. The third-order valence-corrected chi connectivity index (χ3v) is 5.22. The van der Waals surface area contributed by atoms with Crippen LogP contribution in [-0.2, 0) is 25.5 Å². The molecule has 0 aliphatic rings. The van der Waals surface area contributed by atoms with Crippen LogP contribution in [0.5, 0.6) is 0 Å². The third kappa shape index (κ3) is 9.26. The molecule has 156 valence electrons. The second-order valence-electron chi connectivity index (χ2n) is 6.41. The summed E-state index contributed by atoms with van der Waals surface area (Å²) in [5.74, 6) is 0.341. The second-order valence-corrected chi connectivity index (χ2v) is 7.55. The number of benzene rings is 1. The summed E-state index contributed by atoms with van der Waals surface area (Å²) in [7, 11) is 0. The van der Waals surface area contributed by atoms with E-state index in [1.807, 2.05) is 30.3 Å². The summed E-state index contributed by atoms with van der Waals surface area (Å²) in [4.78, 5) is 37.0. The normalized spacial score (nSPS) is 12.7. The molecule has 0 unspecified atom stereocenters. The lowest BCUT2D eigenvalue weighted by Crippen LogP contribution is -2.53. The van der Waals surface area contributed by atoms with Crippen LogP contribution in [0.2, 0.25) is 0 Å². The number of esters is 1. The molecule has 1 aromatic carbocycles. The highest BCUT2D eigenvalue weighted by atomic mass is 32.2. The summed E-state index contributed by atoms with van der Waals surface area (Å²) in [5, 5.41) is 5.54. The number of hydrogen-bond acceptors (Lipinski definition) is 5. The third-order valence-electron chi connectivity index (χ3n) is 4.07. The van der Waals surface area contributed by atoms with Gasteiger partial charge in [-0.2, -0.15) is 11.8 Å². The largest absolute Gasteiger partial charge is 0.464 e. The molecule has 1 aromatic rings. The van der Waals surface area contributed by atoms with Crippen LogP contribution in [0.1, 0.15) is 45.6 Å². The molecule has 2 N–H and O–H groups in total. The van der Waals surface area contributed by atoms with Gasteiger partial charge in [-0.05, 0) is 24.7 Å². The molecule has 2 atom stereocenters. The van der Waals surface area contributed by atoms with E-state index in [0.29, 0.717) is 12.2 Å². The van der Waals surface area contributed by atoms with Crippen molar-refractivity contribution in [1.82, 2.24) is 10.6 Å². The van der Waals surface area contributed by atoms with Gasteiger partial charge in [0.15, 0.2) is 0 Å². The van der Waals surface area contributed by atoms with Gasteiger partial charge >= 0.3 is 5.97 Å². The number of hydrogen-bond donors (Lipinski definition) is 2. The van der Waals surface area contributed by atoms with Crippen molar-refractivity contribution in [3.05, 3.63) is 35.9 Å². The Bertz CT molecular complexity index is 610. The van der Waals surface area contributed by atoms with Crippen molar-refractivity contribution in [3.63, 3.8) is 0 Å². The topological polar surface area (TPSA) is 84.5 Å². The fraction of sp³-hybridized carbons (Fsp3) is 0.571. The van der Waals surface area contributed by atoms with E-state index in [-0.39, 0.29) is 24.8 Å². The number of amides is 2. The van der Waals surface area contributed by atoms with Crippen LogP contribution in [-0.4, -0.2) is 48.0 Å². The monoisotopic (exact) mass is 408 g/mol. The summed E-state index contributed by atoms with van der Waals surface area (Å²) >= 11 is 1.61. The van der Waals surface area contributed by atoms with Crippen LogP contribution in [0.15, 0.2) is 30.3 Å². The number of carbonyl (C=O) groups excluding carboxylic acids is 3. The summed E-state index contributed by atoms with van der Waals surface area (Å²) in [6, 6.07) is 8.01. The molecule has 0 spiro atoms. The standard InChI is InChI=1S/C21H32N2O4S/c1-4-7-13-28-15-18(21(26)27-6-3)23-20(25)17(22-19(24)5-2)14-16-11-9-8-10-12-16/h8-12,17-18H,4-7,13-15H2,1-3H3,(H,22,24)(H,23,25)/t17-,18-/m0/s1.